The minimum absolute atomic E-state index is 0.403. The van der Waals surface area contributed by atoms with Crippen molar-refractivity contribution in [3.05, 3.63) is 0 Å². The van der Waals surface area contributed by atoms with Crippen LogP contribution in [0.5, 0.6) is 0 Å². The van der Waals surface area contributed by atoms with Crippen LogP contribution < -0.4 is 0 Å². The molecule has 14 heavy (non-hydrogen) atoms. The molecule has 2 fully saturated rings. The van der Waals surface area contributed by atoms with Crippen LogP contribution in [0, 0.1) is 5.92 Å². The quantitative estimate of drug-likeness (QED) is 0.222. The zero-order valence-electron chi connectivity index (χ0n) is 6.86. The van der Waals surface area contributed by atoms with Crippen LogP contribution in [0.4, 0.5) is 0 Å². The van der Waals surface area contributed by atoms with Crippen molar-refractivity contribution >= 4 is 0 Å². The van der Waals surface area contributed by atoms with Crippen LogP contribution in [0.3, 0.4) is 0 Å². The smallest absolute Gasteiger partial charge is 0.340 e. The Morgan fingerprint density at radius 3 is 2.14 bits per heavy atom. The molecule has 0 spiro atoms. The molecule has 0 amide bonds. The van der Waals surface area contributed by atoms with Crippen LogP contribution in [-0.4, -0.2) is 61.1 Å². The summed E-state index contributed by atoms with van der Waals surface area (Å²) in [6.07, 6.45) is -1.48. The van der Waals surface area contributed by atoms with E-state index in [-0.39, 0.29) is 0 Å². The highest BCUT2D eigenvalue weighted by atomic mass is 16.9. The minimum Gasteiger partial charge on any atom is -0.390 e. The molecule has 3 unspecified atom stereocenters. The van der Waals surface area contributed by atoms with Crippen LogP contribution in [0.25, 0.3) is 0 Å². The zero-order valence-corrected chi connectivity index (χ0v) is 6.86. The second-order valence-electron chi connectivity index (χ2n) is 3.42. The van der Waals surface area contributed by atoms with Gasteiger partial charge in [-0.3, -0.25) is 4.74 Å². The molecule has 0 bridgehead atoms. The van der Waals surface area contributed by atoms with Gasteiger partial charge >= 0.3 is 5.97 Å². The van der Waals surface area contributed by atoms with Crippen LogP contribution in [0.15, 0.2) is 0 Å². The first-order valence-corrected chi connectivity index (χ1v) is 3.85. The molecule has 2 rings (SSSR count). The molecular weight excluding hydrogens is 200 g/mol. The van der Waals surface area contributed by atoms with E-state index in [1.807, 2.05) is 0 Å². The summed E-state index contributed by atoms with van der Waals surface area (Å²) in [5, 5.41) is 55.2. The van der Waals surface area contributed by atoms with Gasteiger partial charge in [-0.1, -0.05) is 0 Å². The average Bonchev–Trinajstić information content (AvgIpc) is 2.31. The highest BCUT2D eigenvalue weighted by molar-refractivity contribution is 5.02. The van der Waals surface area contributed by atoms with Gasteiger partial charge in [0.2, 0.25) is 0 Å². The van der Waals surface area contributed by atoms with Gasteiger partial charge in [0.05, 0.1) is 12.7 Å². The molecule has 0 radical (unpaired) electrons. The largest absolute Gasteiger partial charge is 0.390 e. The van der Waals surface area contributed by atoms with E-state index >= 15 is 0 Å². The molecule has 6 N–H and O–H groups in total. The van der Waals surface area contributed by atoms with Crippen LogP contribution in [0.1, 0.15) is 0 Å². The second-order valence-corrected chi connectivity index (χ2v) is 3.42. The Kier molecular flexibility index (Phi) is 1.77. The third-order valence-corrected chi connectivity index (χ3v) is 2.44. The predicted molar refractivity (Wildman–Crippen MR) is 35.8 cm³/mol. The summed E-state index contributed by atoms with van der Waals surface area (Å²) >= 11 is 0. The molecule has 0 aromatic heterocycles. The lowest BCUT2D eigenvalue weighted by atomic mass is 9.93. The Labute approximate surface area is 77.5 Å². The Morgan fingerprint density at radius 1 is 1.07 bits per heavy atom. The Morgan fingerprint density at radius 2 is 1.64 bits per heavy atom. The normalized spacial score (nSPS) is 49.3. The van der Waals surface area contributed by atoms with Crippen molar-refractivity contribution in [1.29, 1.82) is 0 Å². The highest BCUT2D eigenvalue weighted by Crippen LogP contribution is 2.50. The van der Waals surface area contributed by atoms with Crippen molar-refractivity contribution in [2.45, 2.75) is 23.8 Å². The summed E-state index contributed by atoms with van der Waals surface area (Å²) in [5.41, 5.74) is 0. The van der Waals surface area contributed by atoms with Gasteiger partial charge in [0.25, 0.3) is 11.8 Å². The summed E-state index contributed by atoms with van der Waals surface area (Å²) in [4.78, 5) is 0. The lowest BCUT2D eigenvalue weighted by molar-refractivity contribution is -0.474. The number of hydrogen-bond donors (Lipinski definition) is 6. The first-order valence-electron chi connectivity index (χ1n) is 3.85. The summed E-state index contributed by atoms with van der Waals surface area (Å²) in [6.45, 7) is -0.403. The molecule has 0 aromatic carbocycles. The minimum atomic E-state index is -3.40. The van der Waals surface area contributed by atoms with Gasteiger partial charge < -0.3 is 35.4 Å². The van der Waals surface area contributed by atoms with Crippen molar-refractivity contribution in [1.82, 2.24) is 0 Å². The fourth-order valence-corrected chi connectivity index (χ4v) is 1.73. The van der Waals surface area contributed by atoms with Crippen molar-refractivity contribution in [2.75, 3.05) is 6.61 Å². The van der Waals surface area contributed by atoms with Gasteiger partial charge in [-0.25, -0.2) is 0 Å². The molecule has 2 heterocycles. The molecule has 2 aliphatic rings. The van der Waals surface area contributed by atoms with Crippen molar-refractivity contribution < 1.29 is 40.1 Å². The highest BCUT2D eigenvalue weighted by Gasteiger charge is 2.76. The molecule has 8 nitrogen and oxygen atoms in total. The topological polar surface area (TPSA) is 140 Å². The fraction of sp³-hybridized carbons (Fsp3) is 1.00. The number of aliphatic hydroxyl groups excluding tert-OH is 1. The van der Waals surface area contributed by atoms with Crippen LogP contribution >= 0.6 is 0 Å². The van der Waals surface area contributed by atoms with Crippen molar-refractivity contribution in [2.24, 2.45) is 5.92 Å². The Bertz CT molecular complexity index is 263. The first-order chi connectivity index (χ1) is 6.21. The molecule has 8 heteroatoms. The van der Waals surface area contributed by atoms with E-state index in [1.165, 1.54) is 0 Å². The van der Waals surface area contributed by atoms with Crippen molar-refractivity contribution in [3.8, 4) is 0 Å². The molecule has 82 valence electrons. The monoisotopic (exact) mass is 210 g/mol. The lowest BCUT2D eigenvalue weighted by Gasteiger charge is -2.29. The molecule has 0 saturated carbocycles. The summed E-state index contributed by atoms with van der Waals surface area (Å²) in [5.74, 6) is -11.0. The van der Waals surface area contributed by atoms with E-state index in [9.17, 15) is 20.4 Å². The van der Waals surface area contributed by atoms with E-state index in [0.717, 1.165) is 0 Å². The predicted octanol–water partition coefficient (Wildman–Crippen LogP) is -4.01. The van der Waals surface area contributed by atoms with Crippen LogP contribution in [0.2, 0.25) is 0 Å². The molecular formula is C6H10O8. The van der Waals surface area contributed by atoms with Crippen LogP contribution in [-0.2, 0) is 9.47 Å². The SMILES string of the molecule is OC1COC2(O)OC(O)(O)C(O)(O)C12. The van der Waals surface area contributed by atoms with Gasteiger partial charge in [0, 0.05) is 0 Å². The molecule has 2 aliphatic heterocycles. The number of hydrogen-bond acceptors (Lipinski definition) is 8. The average molecular weight is 210 g/mol. The summed E-state index contributed by atoms with van der Waals surface area (Å²) in [6, 6.07) is 0. The van der Waals surface area contributed by atoms with E-state index in [2.05, 4.69) is 9.47 Å². The standard InChI is InChI=1S/C6H10O8/c7-2-1-13-5(10)3(2)4(8,9)6(11,12)14-5/h2-3,7-12H,1H2. The van der Waals surface area contributed by atoms with Gasteiger partial charge in [-0.05, 0) is 0 Å². The maximum absolute atomic E-state index is 9.43. The molecule has 0 aromatic rings. The third-order valence-electron chi connectivity index (χ3n) is 2.44. The van der Waals surface area contributed by atoms with Gasteiger partial charge in [0.15, 0.2) is 0 Å². The first kappa shape index (κ1) is 10.2. The lowest BCUT2D eigenvalue weighted by Crippen LogP contribution is -2.56. The maximum atomic E-state index is 9.43. The van der Waals surface area contributed by atoms with E-state index in [4.69, 9.17) is 10.2 Å². The van der Waals surface area contributed by atoms with E-state index in [0.29, 0.717) is 0 Å². The fourth-order valence-electron chi connectivity index (χ4n) is 1.73. The maximum Gasteiger partial charge on any atom is 0.340 e. The third kappa shape index (κ3) is 0.990. The van der Waals surface area contributed by atoms with E-state index in [1.54, 1.807) is 0 Å². The molecule has 0 aliphatic carbocycles. The van der Waals surface area contributed by atoms with Crippen molar-refractivity contribution in [3.63, 3.8) is 0 Å². The number of fused-ring (bicyclic) bond motifs is 1. The molecule has 3 atom stereocenters. The number of ether oxygens (including phenoxy) is 2. The number of aliphatic hydroxyl groups is 6. The van der Waals surface area contributed by atoms with Gasteiger partial charge in [0.1, 0.15) is 5.92 Å². The summed E-state index contributed by atoms with van der Waals surface area (Å²) in [7, 11) is 0. The summed E-state index contributed by atoms with van der Waals surface area (Å²) < 4.78 is 8.62. The van der Waals surface area contributed by atoms with E-state index < -0.39 is 36.4 Å². The number of rotatable bonds is 0. The zero-order chi connectivity index (χ0) is 10.8. The second kappa shape index (κ2) is 2.43. The Hall–Kier alpha value is -0.320. The van der Waals surface area contributed by atoms with Gasteiger partial charge in [-0.15, -0.1) is 0 Å². The molecule has 2 saturated heterocycles. The van der Waals surface area contributed by atoms with Gasteiger partial charge in [-0.2, -0.15) is 0 Å². The Balaban J connectivity index is 2.43.